The van der Waals surface area contributed by atoms with Crippen LogP contribution in [-0.2, 0) is 4.74 Å². The van der Waals surface area contributed by atoms with E-state index in [-0.39, 0.29) is 11.6 Å². The normalized spacial score (nSPS) is 16.4. The summed E-state index contributed by atoms with van der Waals surface area (Å²) >= 11 is 6.29. The van der Waals surface area contributed by atoms with E-state index in [9.17, 15) is 0 Å². The number of ether oxygens (including phenoxy) is 1. The van der Waals surface area contributed by atoms with Crippen LogP contribution in [0.2, 0.25) is 5.02 Å². The fraction of sp³-hybridized carbons (Fsp3) is 0.600. The molecule has 0 aliphatic carbocycles. The first kappa shape index (κ1) is 16.4. The van der Waals surface area contributed by atoms with Crippen molar-refractivity contribution in [2.45, 2.75) is 31.8 Å². The van der Waals surface area contributed by atoms with Crippen molar-refractivity contribution in [3.8, 4) is 0 Å². The van der Waals surface area contributed by atoms with Crippen LogP contribution in [0.1, 0.15) is 31.9 Å². The molecule has 0 spiro atoms. The molecule has 1 rings (SSSR count). The topological polar surface area (TPSA) is 38.5 Å². The molecule has 0 saturated carbocycles. The molecule has 4 heteroatoms. The lowest BCUT2D eigenvalue weighted by Crippen LogP contribution is -2.55. The van der Waals surface area contributed by atoms with Crippen molar-refractivity contribution in [3.63, 3.8) is 0 Å². The van der Waals surface area contributed by atoms with Crippen LogP contribution >= 0.6 is 11.6 Å². The van der Waals surface area contributed by atoms with E-state index in [1.807, 2.05) is 18.2 Å². The summed E-state index contributed by atoms with van der Waals surface area (Å²) in [4.78, 5) is 2.28. The first-order valence-corrected chi connectivity index (χ1v) is 7.06. The molecule has 0 fully saturated rings. The van der Waals surface area contributed by atoms with Gasteiger partial charge in [0.25, 0.3) is 0 Å². The number of hydrogen-bond donors (Lipinski definition) is 1. The average Bonchev–Trinajstić information content (AvgIpc) is 2.44. The van der Waals surface area contributed by atoms with Crippen molar-refractivity contribution in [2.24, 2.45) is 5.73 Å². The molecule has 0 saturated heterocycles. The lowest BCUT2D eigenvalue weighted by molar-refractivity contribution is 0.00623. The number of nitrogens with two attached hydrogens (primary N) is 1. The summed E-state index contributed by atoms with van der Waals surface area (Å²) in [7, 11) is 3.80. The predicted molar refractivity (Wildman–Crippen MR) is 81.6 cm³/mol. The van der Waals surface area contributed by atoms with Crippen molar-refractivity contribution in [1.82, 2.24) is 4.90 Å². The summed E-state index contributed by atoms with van der Waals surface area (Å²) in [6.07, 6.45) is 0.933. The second-order valence-electron chi connectivity index (χ2n) is 5.02. The summed E-state index contributed by atoms with van der Waals surface area (Å²) in [5.41, 5.74) is 6.96. The average molecular weight is 285 g/mol. The van der Waals surface area contributed by atoms with Gasteiger partial charge in [0.2, 0.25) is 0 Å². The third-order valence-corrected chi connectivity index (χ3v) is 4.48. The van der Waals surface area contributed by atoms with Crippen LogP contribution in [0.15, 0.2) is 24.3 Å². The standard InChI is InChI=1S/C15H25ClN2O/c1-5-15(10-17,11-19-4)18(3)12(2)13-8-6-7-9-14(13)16/h6-9,12H,5,10-11,17H2,1-4H3. The van der Waals surface area contributed by atoms with Crippen molar-refractivity contribution in [3.05, 3.63) is 34.9 Å². The quantitative estimate of drug-likeness (QED) is 0.836. The number of halogens is 1. The molecule has 0 heterocycles. The number of rotatable bonds is 7. The largest absolute Gasteiger partial charge is 0.383 e. The summed E-state index contributed by atoms with van der Waals surface area (Å²) in [5, 5.41) is 0.793. The fourth-order valence-electron chi connectivity index (χ4n) is 2.50. The Morgan fingerprint density at radius 3 is 2.53 bits per heavy atom. The third-order valence-electron chi connectivity index (χ3n) is 4.14. The lowest BCUT2D eigenvalue weighted by Gasteiger charge is -2.43. The molecule has 2 unspecified atom stereocenters. The molecule has 0 aliphatic heterocycles. The van der Waals surface area contributed by atoms with E-state index >= 15 is 0 Å². The third kappa shape index (κ3) is 3.48. The number of methoxy groups -OCH3 is 1. The number of hydrogen-bond acceptors (Lipinski definition) is 3. The van der Waals surface area contributed by atoms with Crippen LogP contribution in [0, 0.1) is 0 Å². The van der Waals surface area contributed by atoms with Crippen LogP contribution in [0.4, 0.5) is 0 Å². The Hall–Kier alpha value is -0.610. The summed E-state index contributed by atoms with van der Waals surface area (Å²) < 4.78 is 5.37. The molecular formula is C15H25ClN2O. The highest BCUT2D eigenvalue weighted by atomic mass is 35.5. The lowest BCUT2D eigenvalue weighted by atomic mass is 9.92. The Bertz CT molecular complexity index is 393. The van der Waals surface area contributed by atoms with Crippen LogP contribution in [0.3, 0.4) is 0 Å². The van der Waals surface area contributed by atoms with Crippen molar-refractivity contribution in [2.75, 3.05) is 27.3 Å². The van der Waals surface area contributed by atoms with Gasteiger partial charge >= 0.3 is 0 Å². The molecule has 0 bridgehead atoms. The summed E-state index contributed by atoms with van der Waals surface area (Å²) in [6.45, 7) is 5.46. The molecular weight excluding hydrogens is 260 g/mol. The van der Waals surface area contributed by atoms with Gasteiger partial charge in [0, 0.05) is 24.7 Å². The van der Waals surface area contributed by atoms with Crippen molar-refractivity contribution in [1.29, 1.82) is 0 Å². The Morgan fingerprint density at radius 1 is 1.42 bits per heavy atom. The molecule has 0 aliphatic rings. The maximum atomic E-state index is 6.29. The van der Waals surface area contributed by atoms with Crippen molar-refractivity contribution < 1.29 is 4.74 Å². The maximum Gasteiger partial charge on any atom is 0.0659 e. The second kappa shape index (κ2) is 7.25. The Labute approximate surface area is 121 Å². The highest BCUT2D eigenvalue weighted by molar-refractivity contribution is 6.31. The molecule has 0 radical (unpaired) electrons. The van der Waals surface area contributed by atoms with E-state index in [4.69, 9.17) is 22.1 Å². The zero-order valence-corrected chi connectivity index (χ0v) is 13.1. The van der Waals surface area contributed by atoms with Crippen LogP contribution in [0.5, 0.6) is 0 Å². The highest BCUT2D eigenvalue weighted by Gasteiger charge is 2.35. The SMILES string of the molecule is CCC(CN)(COC)N(C)C(C)c1ccccc1Cl. The smallest absolute Gasteiger partial charge is 0.0659 e. The predicted octanol–water partition coefficient (Wildman–Crippen LogP) is 3.09. The molecule has 1 aromatic rings. The molecule has 1 aromatic carbocycles. The summed E-state index contributed by atoms with van der Waals surface area (Å²) in [6, 6.07) is 8.13. The second-order valence-corrected chi connectivity index (χ2v) is 5.43. The molecule has 19 heavy (non-hydrogen) atoms. The minimum absolute atomic E-state index is 0.159. The van der Waals surface area contributed by atoms with E-state index in [1.165, 1.54) is 0 Å². The highest BCUT2D eigenvalue weighted by Crippen LogP contribution is 2.32. The van der Waals surface area contributed by atoms with Gasteiger partial charge in [0.1, 0.15) is 0 Å². The zero-order valence-electron chi connectivity index (χ0n) is 12.3. The monoisotopic (exact) mass is 284 g/mol. The maximum absolute atomic E-state index is 6.29. The van der Waals surface area contributed by atoms with E-state index < -0.39 is 0 Å². The first-order valence-electron chi connectivity index (χ1n) is 6.68. The van der Waals surface area contributed by atoms with Crippen LogP contribution < -0.4 is 5.73 Å². The van der Waals surface area contributed by atoms with Crippen LogP contribution in [0.25, 0.3) is 0 Å². The molecule has 0 amide bonds. The van der Waals surface area contributed by atoms with Gasteiger partial charge in [-0.05, 0) is 32.0 Å². The molecule has 0 aromatic heterocycles. The molecule has 2 atom stereocenters. The van der Waals surface area contributed by atoms with Gasteiger partial charge in [-0.3, -0.25) is 4.90 Å². The number of nitrogens with zero attached hydrogens (tertiary/aromatic N) is 1. The van der Waals surface area contributed by atoms with Crippen LogP contribution in [-0.4, -0.2) is 37.7 Å². The van der Waals surface area contributed by atoms with Gasteiger partial charge in [-0.1, -0.05) is 36.7 Å². The molecule has 3 nitrogen and oxygen atoms in total. The minimum Gasteiger partial charge on any atom is -0.383 e. The van der Waals surface area contributed by atoms with Gasteiger partial charge in [-0.25, -0.2) is 0 Å². The number of benzene rings is 1. The van der Waals surface area contributed by atoms with Gasteiger partial charge in [0.15, 0.2) is 0 Å². The Kier molecular flexibility index (Phi) is 6.27. The minimum atomic E-state index is -0.159. The zero-order chi connectivity index (χ0) is 14.5. The van der Waals surface area contributed by atoms with Gasteiger partial charge in [0.05, 0.1) is 12.1 Å². The van der Waals surface area contributed by atoms with Crippen molar-refractivity contribution >= 4 is 11.6 Å². The van der Waals surface area contributed by atoms with Gasteiger partial charge in [-0.15, -0.1) is 0 Å². The first-order chi connectivity index (χ1) is 9.02. The molecule has 2 N–H and O–H groups in total. The Balaban J connectivity index is 3.03. The molecule has 108 valence electrons. The Morgan fingerprint density at radius 2 is 2.05 bits per heavy atom. The number of likely N-dealkylation sites (N-methyl/N-ethyl adjacent to an activating group) is 1. The van der Waals surface area contributed by atoms with E-state index in [1.54, 1.807) is 7.11 Å². The van der Waals surface area contributed by atoms with E-state index in [0.717, 1.165) is 17.0 Å². The van der Waals surface area contributed by atoms with Gasteiger partial charge in [-0.2, -0.15) is 0 Å². The summed E-state index contributed by atoms with van der Waals surface area (Å²) in [5.74, 6) is 0. The fourth-order valence-corrected chi connectivity index (χ4v) is 2.80. The van der Waals surface area contributed by atoms with E-state index in [2.05, 4.69) is 31.9 Å². The van der Waals surface area contributed by atoms with Gasteiger partial charge < -0.3 is 10.5 Å². The van der Waals surface area contributed by atoms with E-state index in [0.29, 0.717) is 13.2 Å².